The smallest absolute Gasteiger partial charge is 0.253 e. The highest BCUT2D eigenvalue weighted by molar-refractivity contribution is 14.0. The largest absolute Gasteiger partial charge is 0.368 e. The number of aliphatic imine (C=N–C) groups is 1. The predicted molar refractivity (Wildman–Crippen MR) is 140 cm³/mol. The molecule has 0 saturated carbocycles. The van der Waals surface area contributed by atoms with Crippen molar-refractivity contribution in [1.82, 2.24) is 20.2 Å². The molecule has 0 aliphatic carbocycles. The molecule has 4 rings (SSSR count). The van der Waals surface area contributed by atoms with E-state index in [-0.39, 0.29) is 36.0 Å². The first-order valence-corrected chi connectivity index (χ1v) is 11.3. The van der Waals surface area contributed by atoms with Gasteiger partial charge < -0.3 is 25.2 Å². The molecule has 9 nitrogen and oxygen atoms in total. The number of nitrogens with one attached hydrogen (secondary N) is 2. The van der Waals surface area contributed by atoms with Gasteiger partial charge in [-0.05, 0) is 43.5 Å². The van der Waals surface area contributed by atoms with Crippen LogP contribution in [0, 0.1) is 0 Å². The number of amides is 1. The quantitative estimate of drug-likeness (QED) is 0.316. The van der Waals surface area contributed by atoms with Crippen molar-refractivity contribution in [2.45, 2.75) is 32.4 Å². The van der Waals surface area contributed by atoms with Gasteiger partial charge in [-0.1, -0.05) is 12.1 Å². The summed E-state index contributed by atoms with van der Waals surface area (Å²) < 4.78 is 5.47. The van der Waals surface area contributed by atoms with Crippen LogP contribution in [0.3, 0.4) is 0 Å². The van der Waals surface area contributed by atoms with Crippen LogP contribution in [0.1, 0.15) is 25.3 Å². The van der Waals surface area contributed by atoms with Gasteiger partial charge >= 0.3 is 0 Å². The number of benzene rings is 1. The van der Waals surface area contributed by atoms with E-state index in [2.05, 4.69) is 37.3 Å². The normalized spacial score (nSPS) is 18.6. The second-order valence-corrected chi connectivity index (χ2v) is 7.88. The molecule has 0 spiro atoms. The summed E-state index contributed by atoms with van der Waals surface area (Å²) in [6.45, 7) is 7.46. The first-order chi connectivity index (χ1) is 15.7. The van der Waals surface area contributed by atoms with Gasteiger partial charge in [0.2, 0.25) is 5.95 Å². The molecular weight excluding hydrogens is 533 g/mol. The third-order valence-electron chi connectivity index (χ3n) is 5.58. The number of nitrogens with zero attached hydrogens (tertiary/aromatic N) is 5. The molecule has 1 aromatic carbocycles. The SMILES string of the molecule is CCNC(=NCc1cccc(NC(=O)C2CCCO2)c1)N1CCN(c2ncccn2)CC1.I. The number of piperazine rings is 1. The fourth-order valence-corrected chi connectivity index (χ4v) is 3.92. The molecule has 3 heterocycles. The molecule has 2 aromatic rings. The third-order valence-corrected chi connectivity index (χ3v) is 5.58. The maximum atomic E-state index is 12.3. The zero-order valence-corrected chi connectivity index (χ0v) is 21.3. The van der Waals surface area contributed by atoms with Gasteiger partial charge in [0, 0.05) is 57.4 Å². The maximum absolute atomic E-state index is 12.3. The van der Waals surface area contributed by atoms with Gasteiger partial charge in [0.05, 0.1) is 6.54 Å². The number of anilines is 2. The Morgan fingerprint density at radius 1 is 1.18 bits per heavy atom. The summed E-state index contributed by atoms with van der Waals surface area (Å²) in [7, 11) is 0. The molecule has 1 amide bonds. The lowest BCUT2D eigenvalue weighted by molar-refractivity contribution is -0.124. The lowest BCUT2D eigenvalue weighted by Crippen LogP contribution is -2.52. The molecule has 0 bridgehead atoms. The van der Waals surface area contributed by atoms with Crippen LogP contribution in [-0.2, 0) is 16.1 Å². The van der Waals surface area contributed by atoms with Gasteiger partial charge in [-0.3, -0.25) is 4.79 Å². The van der Waals surface area contributed by atoms with E-state index in [4.69, 9.17) is 9.73 Å². The lowest BCUT2D eigenvalue weighted by atomic mass is 10.2. The summed E-state index contributed by atoms with van der Waals surface area (Å²) in [5.41, 5.74) is 1.82. The molecule has 178 valence electrons. The molecule has 10 heteroatoms. The average molecular weight is 565 g/mol. The molecule has 1 atom stereocenters. The first kappa shape index (κ1) is 25.2. The number of carbonyl (C=O) groups excluding carboxylic acids is 1. The number of ether oxygens (including phenoxy) is 1. The molecule has 2 aliphatic heterocycles. The van der Waals surface area contributed by atoms with Crippen molar-refractivity contribution in [2.75, 3.05) is 49.5 Å². The Morgan fingerprint density at radius 3 is 2.67 bits per heavy atom. The first-order valence-electron chi connectivity index (χ1n) is 11.3. The zero-order valence-electron chi connectivity index (χ0n) is 18.9. The van der Waals surface area contributed by atoms with E-state index in [1.165, 1.54) is 0 Å². The molecule has 0 radical (unpaired) electrons. The highest BCUT2D eigenvalue weighted by atomic mass is 127. The summed E-state index contributed by atoms with van der Waals surface area (Å²) in [4.78, 5) is 30.3. The van der Waals surface area contributed by atoms with E-state index in [0.717, 1.165) is 68.7 Å². The fourth-order valence-electron chi connectivity index (χ4n) is 3.92. The Balaban J connectivity index is 0.00000306. The van der Waals surface area contributed by atoms with Crippen molar-refractivity contribution in [3.05, 3.63) is 48.3 Å². The Kier molecular flexibility index (Phi) is 9.67. The summed E-state index contributed by atoms with van der Waals surface area (Å²) >= 11 is 0. The number of aromatic nitrogens is 2. The van der Waals surface area contributed by atoms with Crippen LogP contribution in [0.25, 0.3) is 0 Å². The number of guanidine groups is 1. The van der Waals surface area contributed by atoms with E-state index in [1.54, 1.807) is 12.4 Å². The van der Waals surface area contributed by atoms with Crippen molar-refractivity contribution >= 4 is 47.5 Å². The minimum atomic E-state index is -0.336. The number of rotatable bonds is 6. The van der Waals surface area contributed by atoms with E-state index in [0.29, 0.717) is 13.2 Å². The minimum absolute atomic E-state index is 0. The lowest BCUT2D eigenvalue weighted by Gasteiger charge is -2.36. The predicted octanol–water partition coefficient (Wildman–Crippen LogP) is 2.50. The Morgan fingerprint density at radius 2 is 1.97 bits per heavy atom. The molecular formula is C23H32IN7O2. The van der Waals surface area contributed by atoms with Gasteiger partial charge in [-0.25, -0.2) is 15.0 Å². The van der Waals surface area contributed by atoms with E-state index in [1.807, 2.05) is 30.3 Å². The molecule has 1 aromatic heterocycles. The van der Waals surface area contributed by atoms with E-state index < -0.39 is 0 Å². The van der Waals surface area contributed by atoms with Crippen molar-refractivity contribution in [3.63, 3.8) is 0 Å². The van der Waals surface area contributed by atoms with Crippen LogP contribution in [0.4, 0.5) is 11.6 Å². The number of hydrogen-bond donors (Lipinski definition) is 2. The van der Waals surface area contributed by atoms with Crippen molar-refractivity contribution < 1.29 is 9.53 Å². The van der Waals surface area contributed by atoms with Crippen molar-refractivity contribution in [3.8, 4) is 0 Å². The van der Waals surface area contributed by atoms with Gasteiger partial charge in [0.1, 0.15) is 6.10 Å². The van der Waals surface area contributed by atoms with Crippen molar-refractivity contribution in [1.29, 1.82) is 0 Å². The number of halogens is 1. The topological polar surface area (TPSA) is 95.0 Å². The van der Waals surface area contributed by atoms with Crippen molar-refractivity contribution in [2.24, 2.45) is 4.99 Å². The molecule has 2 saturated heterocycles. The Hall–Kier alpha value is -2.47. The monoisotopic (exact) mass is 565 g/mol. The van der Waals surface area contributed by atoms with Gasteiger partial charge in [0.15, 0.2) is 5.96 Å². The van der Waals surface area contributed by atoms with Gasteiger partial charge in [-0.2, -0.15) is 0 Å². The van der Waals surface area contributed by atoms with E-state index in [9.17, 15) is 4.79 Å². The summed E-state index contributed by atoms with van der Waals surface area (Å²) in [5, 5.41) is 6.37. The minimum Gasteiger partial charge on any atom is -0.368 e. The summed E-state index contributed by atoms with van der Waals surface area (Å²) in [6, 6.07) is 9.68. The molecule has 2 fully saturated rings. The van der Waals surface area contributed by atoms with Crippen LogP contribution < -0.4 is 15.5 Å². The maximum Gasteiger partial charge on any atom is 0.253 e. The van der Waals surface area contributed by atoms with Gasteiger partial charge in [-0.15, -0.1) is 24.0 Å². The summed E-state index contributed by atoms with van der Waals surface area (Å²) in [6.07, 6.45) is 4.94. The standard InChI is InChI=1S/C23H31N7O2.HI/c1-2-24-22(29-11-13-30(14-12-29)23-25-9-5-10-26-23)27-17-18-6-3-7-19(16-18)28-21(31)20-8-4-15-32-20;/h3,5-7,9-10,16,20H,2,4,8,11-15,17H2,1H3,(H,24,27)(H,28,31);1H. The average Bonchev–Trinajstić information content (AvgIpc) is 3.38. The molecule has 2 aliphatic rings. The van der Waals surface area contributed by atoms with Crippen LogP contribution in [0.2, 0.25) is 0 Å². The highest BCUT2D eigenvalue weighted by Crippen LogP contribution is 2.17. The molecule has 2 N–H and O–H groups in total. The summed E-state index contributed by atoms with van der Waals surface area (Å²) in [5.74, 6) is 1.60. The second kappa shape index (κ2) is 12.7. The molecule has 1 unspecified atom stereocenters. The van der Waals surface area contributed by atoms with Crippen LogP contribution >= 0.6 is 24.0 Å². The number of hydrogen-bond acceptors (Lipinski definition) is 6. The highest BCUT2D eigenvalue weighted by Gasteiger charge is 2.24. The van der Waals surface area contributed by atoms with Crippen LogP contribution in [0.5, 0.6) is 0 Å². The number of carbonyl (C=O) groups is 1. The second-order valence-electron chi connectivity index (χ2n) is 7.88. The van der Waals surface area contributed by atoms with Crippen LogP contribution in [-0.4, -0.2) is 72.2 Å². The van der Waals surface area contributed by atoms with Crippen LogP contribution in [0.15, 0.2) is 47.7 Å². The van der Waals surface area contributed by atoms with Gasteiger partial charge in [0.25, 0.3) is 5.91 Å². The fraction of sp³-hybridized carbons (Fsp3) is 0.478. The Bertz CT molecular complexity index is 914. The Labute approximate surface area is 212 Å². The zero-order chi connectivity index (χ0) is 22.2. The third kappa shape index (κ3) is 7.00. The molecule has 33 heavy (non-hydrogen) atoms. The van der Waals surface area contributed by atoms with E-state index >= 15 is 0 Å².